The summed E-state index contributed by atoms with van der Waals surface area (Å²) in [4.78, 5) is 0. The molecule has 4 rings (SSSR count). The average molecular weight is 355 g/mol. The lowest BCUT2D eigenvalue weighted by atomic mass is 9.92. The third-order valence-electron chi connectivity index (χ3n) is 4.85. The minimum absolute atomic E-state index is 0.0552. The zero-order valence-corrected chi connectivity index (χ0v) is 14.4. The molecule has 1 saturated heterocycles. The van der Waals surface area contributed by atoms with Crippen molar-refractivity contribution < 1.29 is 9.13 Å². The Morgan fingerprint density at radius 1 is 1.15 bits per heavy atom. The van der Waals surface area contributed by atoms with Gasteiger partial charge in [0.1, 0.15) is 11.9 Å². The van der Waals surface area contributed by atoms with Gasteiger partial charge in [0.15, 0.2) is 0 Å². The number of rotatable bonds is 6. The van der Waals surface area contributed by atoms with Gasteiger partial charge in [0, 0.05) is 42.9 Å². The van der Waals surface area contributed by atoms with Crippen LogP contribution in [0.3, 0.4) is 0 Å². The van der Waals surface area contributed by atoms with E-state index in [1.807, 2.05) is 12.3 Å². The lowest BCUT2D eigenvalue weighted by Crippen LogP contribution is -2.32. The maximum Gasteiger partial charge on any atom is 0.123 e. The fourth-order valence-corrected chi connectivity index (χ4v) is 3.53. The quantitative estimate of drug-likeness (QED) is 0.634. The van der Waals surface area contributed by atoms with E-state index in [1.54, 1.807) is 18.3 Å². The van der Waals surface area contributed by atoms with Crippen molar-refractivity contribution in [3.8, 4) is 11.3 Å². The standard InChI is InChI=1S/C19H22FN5O/c20-16-5-3-13(4-6-16)18-15(12-23-25-18)11-21-10-14-2-1-9-26-19(14)17-7-8-22-24-17/h3-8,12,14,19,21H,1-2,9-11H2,(H,22,24)(H,23,25)/t14-,19+/m0/s1. The van der Waals surface area contributed by atoms with Crippen LogP contribution in [0.5, 0.6) is 0 Å². The van der Waals surface area contributed by atoms with Crippen LogP contribution in [-0.2, 0) is 11.3 Å². The summed E-state index contributed by atoms with van der Waals surface area (Å²) >= 11 is 0. The molecule has 1 aromatic carbocycles. The van der Waals surface area contributed by atoms with Crippen molar-refractivity contribution in [2.75, 3.05) is 13.2 Å². The van der Waals surface area contributed by atoms with Crippen LogP contribution in [0.4, 0.5) is 4.39 Å². The molecule has 136 valence electrons. The smallest absolute Gasteiger partial charge is 0.123 e. The summed E-state index contributed by atoms with van der Waals surface area (Å²) in [6.07, 6.45) is 5.82. The molecule has 2 atom stereocenters. The van der Waals surface area contributed by atoms with Crippen LogP contribution in [-0.4, -0.2) is 33.5 Å². The second-order valence-corrected chi connectivity index (χ2v) is 6.61. The molecule has 1 aliphatic heterocycles. The molecule has 0 aliphatic carbocycles. The number of aromatic nitrogens is 4. The maximum absolute atomic E-state index is 13.1. The second-order valence-electron chi connectivity index (χ2n) is 6.61. The number of H-pyrrole nitrogens is 2. The predicted octanol–water partition coefficient (Wildman–Crippen LogP) is 3.20. The van der Waals surface area contributed by atoms with E-state index in [0.717, 1.165) is 48.5 Å². The van der Waals surface area contributed by atoms with Crippen molar-refractivity contribution in [2.24, 2.45) is 5.92 Å². The zero-order chi connectivity index (χ0) is 17.8. The van der Waals surface area contributed by atoms with Gasteiger partial charge in [0.25, 0.3) is 0 Å². The number of nitrogens with zero attached hydrogens (tertiary/aromatic N) is 2. The average Bonchev–Trinajstić information content (AvgIpc) is 3.35. The van der Waals surface area contributed by atoms with E-state index >= 15 is 0 Å². The molecule has 0 spiro atoms. The van der Waals surface area contributed by atoms with Crippen molar-refractivity contribution in [1.29, 1.82) is 0 Å². The molecule has 26 heavy (non-hydrogen) atoms. The molecular formula is C19H22FN5O. The first-order valence-electron chi connectivity index (χ1n) is 8.91. The summed E-state index contributed by atoms with van der Waals surface area (Å²) in [6.45, 7) is 2.32. The normalized spacial score (nSPS) is 20.3. The molecule has 0 radical (unpaired) electrons. The lowest BCUT2D eigenvalue weighted by Gasteiger charge is -2.31. The van der Waals surface area contributed by atoms with Gasteiger partial charge < -0.3 is 10.1 Å². The Kier molecular flexibility index (Phi) is 5.08. The molecule has 1 fully saturated rings. The van der Waals surface area contributed by atoms with Crippen molar-refractivity contribution in [3.63, 3.8) is 0 Å². The highest BCUT2D eigenvalue weighted by Gasteiger charge is 2.28. The molecule has 0 unspecified atom stereocenters. The highest BCUT2D eigenvalue weighted by molar-refractivity contribution is 5.62. The van der Waals surface area contributed by atoms with Gasteiger partial charge in [-0.1, -0.05) is 0 Å². The Hall–Kier alpha value is -2.51. The van der Waals surface area contributed by atoms with Crippen LogP contribution in [0.2, 0.25) is 0 Å². The Labute approximate surface area is 151 Å². The van der Waals surface area contributed by atoms with Gasteiger partial charge in [-0.2, -0.15) is 10.2 Å². The van der Waals surface area contributed by atoms with Gasteiger partial charge in [-0.3, -0.25) is 10.2 Å². The van der Waals surface area contributed by atoms with E-state index in [9.17, 15) is 4.39 Å². The predicted molar refractivity (Wildman–Crippen MR) is 95.7 cm³/mol. The highest BCUT2D eigenvalue weighted by atomic mass is 19.1. The molecule has 3 aromatic rings. The molecule has 6 nitrogen and oxygen atoms in total. The van der Waals surface area contributed by atoms with E-state index in [1.165, 1.54) is 12.1 Å². The molecule has 3 heterocycles. The summed E-state index contributed by atoms with van der Waals surface area (Å²) in [7, 11) is 0. The van der Waals surface area contributed by atoms with Crippen LogP contribution in [0.25, 0.3) is 11.3 Å². The van der Waals surface area contributed by atoms with E-state index in [4.69, 9.17) is 4.74 Å². The monoisotopic (exact) mass is 355 g/mol. The third-order valence-corrected chi connectivity index (χ3v) is 4.85. The number of ether oxygens (including phenoxy) is 1. The Balaban J connectivity index is 1.39. The van der Waals surface area contributed by atoms with Crippen molar-refractivity contribution in [2.45, 2.75) is 25.5 Å². The SMILES string of the molecule is Fc1ccc(-c2[nH]ncc2CNC[C@@H]2CCCO[C@H]2c2ccn[nH]2)cc1. The van der Waals surface area contributed by atoms with Gasteiger partial charge in [-0.15, -0.1) is 0 Å². The molecule has 2 aromatic heterocycles. The van der Waals surface area contributed by atoms with Crippen LogP contribution >= 0.6 is 0 Å². The van der Waals surface area contributed by atoms with Crippen molar-refractivity contribution >= 4 is 0 Å². The van der Waals surface area contributed by atoms with Gasteiger partial charge in [-0.25, -0.2) is 4.39 Å². The topological polar surface area (TPSA) is 78.6 Å². The van der Waals surface area contributed by atoms with Crippen LogP contribution in [0.15, 0.2) is 42.7 Å². The van der Waals surface area contributed by atoms with E-state index in [-0.39, 0.29) is 11.9 Å². The minimum atomic E-state index is -0.241. The molecular weight excluding hydrogens is 333 g/mol. The Morgan fingerprint density at radius 3 is 2.85 bits per heavy atom. The van der Waals surface area contributed by atoms with Crippen molar-refractivity contribution in [3.05, 3.63) is 59.8 Å². The zero-order valence-electron chi connectivity index (χ0n) is 14.4. The summed E-state index contributed by atoms with van der Waals surface area (Å²) in [5.41, 5.74) is 3.94. The number of hydrogen-bond donors (Lipinski definition) is 3. The van der Waals surface area contributed by atoms with Gasteiger partial charge >= 0.3 is 0 Å². The van der Waals surface area contributed by atoms with Crippen LogP contribution in [0.1, 0.15) is 30.2 Å². The molecule has 0 bridgehead atoms. The number of benzene rings is 1. The largest absolute Gasteiger partial charge is 0.372 e. The molecule has 0 saturated carbocycles. The third kappa shape index (κ3) is 3.68. The molecule has 1 aliphatic rings. The highest BCUT2D eigenvalue weighted by Crippen LogP contribution is 2.32. The van der Waals surface area contributed by atoms with Gasteiger partial charge in [0.2, 0.25) is 0 Å². The number of aromatic amines is 2. The Morgan fingerprint density at radius 2 is 2.04 bits per heavy atom. The van der Waals surface area contributed by atoms with Crippen molar-refractivity contribution in [1.82, 2.24) is 25.7 Å². The maximum atomic E-state index is 13.1. The number of hydrogen-bond acceptors (Lipinski definition) is 4. The first-order chi connectivity index (χ1) is 12.8. The Bertz CT molecular complexity index is 815. The molecule has 7 heteroatoms. The fraction of sp³-hybridized carbons (Fsp3) is 0.368. The second kappa shape index (κ2) is 7.80. The van der Waals surface area contributed by atoms with E-state index < -0.39 is 0 Å². The first-order valence-corrected chi connectivity index (χ1v) is 8.91. The number of nitrogens with one attached hydrogen (secondary N) is 3. The fourth-order valence-electron chi connectivity index (χ4n) is 3.53. The molecule has 3 N–H and O–H groups in total. The van der Waals surface area contributed by atoms with Crippen LogP contribution in [0, 0.1) is 11.7 Å². The summed E-state index contributed by atoms with van der Waals surface area (Å²) in [5.74, 6) is 0.153. The van der Waals surface area contributed by atoms with Gasteiger partial charge in [0.05, 0.1) is 17.6 Å². The number of halogens is 1. The van der Waals surface area contributed by atoms with E-state index in [2.05, 4.69) is 25.7 Å². The summed E-state index contributed by atoms with van der Waals surface area (Å²) in [6, 6.07) is 8.42. The summed E-state index contributed by atoms with van der Waals surface area (Å²) in [5, 5.41) is 17.7. The molecule has 0 amide bonds. The summed E-state index contributed by atoms with van der Waals surface area (Å²) < 4.78 is 19.1. The van der Waals surface area contributed by atoms with E-state index in [0.29, 0.717) is 12.5 Å². The van der Waals surface area contributed by atoms with Crippen LogP contribution < -0.4 is 5.32 Å². The lowest BCUT2D eigenvalue weighted by molar-refractivity contribution is -0.0303. The van der Waals surface area contributed by atoms with Gasteiger partial charge in [-0.05, 0) is 43.2 Å². The first kappa shape index (κ1) is 16.9. The minimum Gasteiger partial charge on any atom is -0.372 e.